The van der Waals surface area contributed by atoms with Crippen molar-refractivity contribution >= 4 is 54.8 Å². The quantitative estimate of drug-likeness (QED) is 0.612. The highest BCUT2D eigenvalue weighted by Gasteiger charge is 2.45. The molecule has 0 N–H and O–H groups in total. The molecule has 1 aromatic rings. The van der Waals surface area contributed by atoms with E-state index in [2.05, 4.69) is 15.9 Å². The Labute approximate surface area is 118 Å². The van der Waals surface area contributed by atoms with Gasteiger partial charge in [-0.1, -0.05) is 42.3 Å². The lowest BCUT2D eigenvalue weighted by Gasteiger charge is -2.18. The second-order valence-corrected chi connectivity index (χ2v) is 9.08. The van der Waals surface area contributed by atoms with Crippen molar-refractivity contribution in [2.24, 2.45) is 0 Å². The van der Waals surface area contributed by atoms with Crippen LogP contribution in [0.15, 0.2) is 24.3 Å². The Kier molecular flexibility index (Phi) is 4.63. The molecule has 1 rings (SSSR count). The molecule has 0 saturated carbocycles. The summed E-state index contributed by atoms with van der Waals surface area (Å²) in [7, 11) is -3.77. The topological polar surface area (TPSA) is 51.2 Å². The molecule has 0 aliphatic heterocycles. The van der Waals surface area contributed by atoms with E-state index >= 15 is 0 Å². The number of hydrogen-bond donors (Lipinski definition) is 0. The van der Waals surface area contributed by atoms with Crippen molar-refractivity contribution in [3.8, 4) is 0 Å². The average molecular weight is 360 g/mol. The van der Waals surface area contributed by atoms with Gasteiger partial charge in [0.15, 0.2) is 9.84 Å². The smallest absolute Gasteiger partial charge is 0.261 e. The Bertz CT molecular complexity index is 540. The normalized spacial score (nSPS) is 15.3. The Balaban J connectivity index is 3.23. The molecule has 0 aromatic heterocycles. The number of rotatable bonds is 4. The maximum atomic E-state index is 12.0. The maximum Gasteiger partial charge on any atom is 0.261 e. The van der Waals surface area contributed by atoms with Crippen LogP contribution in [0.3, 0.4) is 0 Å². The van der Waals surface area contributed by atoms with Gasteiger partial charge in [-0.15, -0.1) is 0 Å². The number of carbonyl (C=O) groups excluding carboxylic acids is 1. The third kappa shape index (κ3) is 3.02. The van der Waals surface area contributed by atoms with Crippen LogP contribution in [-0.4, -0.2) is 23.1 Å². The van der Waals surface area contributed by atoms with Crippen molar-refractivity contribution in [2.45, 2.75) is 10.0 Å². The van der Waals surface area contributed by atoms with Gasteiger partial charge in [0.05, 0.1) is 5.75 Å². The number of carbonyl (C=O) groups is 1. The fourth-order valence-corrected chi connectivity index (χ4v) is 3.43. The van der Waals surface area contributed by atoms with Crippen LogP contribution in [0.1, 0.15) is 17.3 Å². The summed E-state index contributed by atoms with van der Waals surface area (Å²) in [5, 5.41) is 0.338. The third-order valence-corrected chi connectivity index (χ3v) is 6.80. The van der Waals surface area contributed by atoms with Gasteiger partial charge in [0, 0.05) is 10.6 Å². The zero-order valence-electron chi connectivity index (χ0n) is 8.78. The molecule has 0 aliphatic carbocycles. The molecule has 0 saturated heterocycles. The van der Waals surface area contributed by atoms with E-state index in [9.17, 15) is 13.2 Å². The van der Waals surface area contributed by atoms with Crippen LogP contribution in [0, 0.1) is 0 Å². The summed E-state index contributed by atoms with van der Waals surface area (Å²) in [6, 6.07) is 5.95. The van der Waals surface area contributed by atoms with Gasteiger partial charge in [0.1, 0.15) is 0 Å². The summed E-state index contributed by atoms with van der Waals surface area (Å²) >= 11 is 14.3. The molecule has 0 radical (unpaired) electrons. The Hall–Kier alpha value is -0.100. The molecule has 0 amide bonds. The van der Waals surface area contributed by atoms with Crippen molar-refractivity contribution in [3.63, 3.8) is 0 Å². The van der Waals surface area contributed by atoms with E-state index in [1.807, 2.05) is 0 Å². The summed E-state index contributed by atoms with van der Waals surface area (Å²) < 4.78 is 21.2. The van der Waals surface area contributed by atoms with E-state index in [-0.39, 0.29) is 11.3 Å². The second kappa shape index (κ2) is 5.26. The van der Waals surface area contributed by atoms with Crippen LogP contribution in [0.25, 0.3) is 0 Å². The summed E-state index contributed by atoms with van der Waals surface area (Å²) in [6.45, 7) is 1.42. The molecular weight excluding hydrogens is 351 g/mol. The van der Waals surface area contributed by atoms with E-state index in [0.29, 0.717) is 5.02 Å². The number of alkyl halides is 2. The fraction of sp³-hybridized carbons (Fsp3) is 0.300. The second-order valence-electron chi connectivity index (χ2n) is 3.26. The molecule has 0 fully saturated rings. The number of sulfone groups is 1. The predicted molar refractivity (Wildman–Crippen MR) is 72.8 cm³/mol. The van der Waals surface area contributed by atoms with Gasteiger partial charge in [-0.25, -0.2) is 8.42 Å². The molecule has 0 spiro atoms. The van der Waals surface area contributed by atoms with Crippen molar-refractivity contribution in [1.82, 2.24) is 0 Å². The first kappa shape index (κ1) is 15.0. The van der Waals surface area contributed by atoms with Crippen molar-refractivity contribution in [1.29, 1.82) is 0 Å². The highest BCUT2D eigenvalue weighted by Crippen LogP contribution is 2.35. The minimum absolute atomic E-state index is 0.140. The molecule has 17 heavy (non-hydrogen) atoms. The molecule has 1 aromatic carbocycles. The van der Waals surface area contributed by atoms with E-state index in [0.717, 1.165) is 0 Å². The highest BCUT2D eigenvalue weighted by atomic mass is 79.9. The van der Waals surface area contributed by atoms with Gasteiger partial charge >= 0.3 is 0 Å². The van der Waals surface area contributed by atoms with Gasteiger partial charge in [0.2, 0.25) is 5.78 Å². The lowest BCUT2D eigenvalue weighted by Crippen LogP contribution is -2.36. The number of halogens is 3. The van der Waals surface area contributed by atoms with Crippen LogP contribution in [0.4, 0.5) is 0 Å². The molecule has 1 atom stereocenters. The first-order valence-electron chi connectivity index (χ1n) is 4.63. The number of benzene rings is 1. The summed E-state index contributed by atoms with van der Waals surface area (Å²) in [5.74, 6) is -0.989. The van der Waals surface area contributed by atoms with Gasteiger partial charge in [0.25, 0.3) is 3.12 Å². The molecule has 0 unspecified atom stereocenters. The SMILES string of the molecule is CCS(=O)(=O)[C@](Cl)(Br)C(=O)c1cccc(Cl)c1. The molecular formula is C10H9BrCl2O3S. The average Bonchev–Trinajstić information content (AvgIpc) is 2.27. The lowest BCUT2D eigenvalue weighted by molar-refractivity contribution is 0.1000. The van der Waals surface area contributed by atoms with Crippen LogP contribution in [-0.2, 0) is 9.84 Å². The van der Waals surface area contributed by atoms with E-state index < -0.39 is 18.7 Å². The predicted octanol–water partition coefficient (Wildman–Crippen LogP) is 3.24. The first-order chi connectivity index (χ1) is 7.72. The zero-order valence-corrected chi connectivity index (χ0v) is 12.7. The zero-order chi connectivity index (χ0) is 13.3. The number of Topliss-reactive ketones (excluding diaryl/α,β-unsaturated/α-hetero) is 1. The Morgan fingerprint density at radius 3 is 2.53 bits per heavy atom. The maximum absolute atomic E-state index is 12.0. The number of ketones is 1. The third-order valence-electron chi connectivity index (χ3n) is 2.12. The monoisotopic (exact) mass is 358 g/mol. The minimum Gasteiger partial charge on any atom is -0.290 e. The van der Waals surface area contributed by atoms with Crippen LogP contribution in [0.5, 0.6) is 0 Å². The number of hydrogen-bond acceptors (Lipinski definition) is 3. The van der Waals surface area contributed by atoms with E-state index in [4.69, 9.17) is 23.2 Å². The van der Waals surface area contributed by atoms with Crippen molar-refractivity contribution < 1.29 is 13.2 Å². The summed E-state index contributed by atoms with van der Waals surface area (Å²) in [4.78, 5) is 12.0. The van der Waals surface area contributed by atoms with E-state index in [1.165, 1.54) is 19.1 Å². The highest BCUT2D eigenvalue weighted by molar-refractivity contribution is 9.12. The van der Waals surface area contributed by atoms with Crippen molar-refractivity contribution in [2.75, 3.05) is 5.75 Å². The Morgan fingerprint density at radius 2 is 2.06 bits per heavy atom. The van der Waals surface area contributed by atoms with Gasteiger partial charge < -0.3 is 0 Å². The molecule has 0 bridgehead atoms. The molecule has 3 nitrogen and oxygen atoms in total. The largest absolute Gasteiger partial charge is 0.290 e. The molecule has 0 aliphatic rings. The van der Waals surface area contributed by atoms with Crippen molar-refractivity contribution in [3.05, 3.63) is 34.9 Å². The van der Waals surface area contributed by atoms with Gasteiger partial charge in [-0.05, 0) is 28.1 Å². The molecule has 7 heteroatoms. The summed E-state index contributed by atoms with van der Waals surface area (Å²) in [6.07, 6.45) is 0. The Morgan fingerprint density at radius 1 is 1.47 bits per heavy atom. The van der Waals surface area contributed by atoms with E-state index in [1.54, 1.807) is 12.1 Å². The van der Waals surface area contributed by atoms with Crippen LogP contribution >= 0.6 is 39.1 Å². The minimum atomic E-state index is -3.77. The molecule has 0 heterocycles. The summed E-state index contributed by atoms with van der Waals surface area (Å²) in [5.41, 5.74) is 0.140. The van der Waals surface area contributed by atoms with Crippen LogP contribution in [0.2, 0.25) is 5.02 Å². The first-order valence-corrected chi connectivity index (χ1v) is 7.83. The van der Waals surface area contributed by atoms with Crippen LogP contribution < -0.4 is 0 Å². The fourth-order valence-electron chi connectivity index (χ4n) is 1.12. The molecule has 94 valence electrons. The van der Waals surface area contributed by atoms with Gasteiger partial charge in [-0.2, -0.15) is 0 Å². The lowest BCUT2D eigenvalue weighted by atomic mass is 10.1. The standard InChI is InChI=1S/C10H9BrCl2O3S/c1-2-17(15,16)10(11,13)9(14)7-4-3-5-8(12)6-7/h3-6H,2H2,1H3/t10-/m0/s1. The van der Waals surface area contributed by atoms with Gasteiger partial charge in [-0.3, -0.25) is 4.79 Å².